The lowest BCUT2D eigenvalue weighted by Crippen LogP contribution is -2.14. The van der Waals surface area contributed by atoms with Crippen molar-refractivity contribution in [2.75, 3.05) is 0 Å². The lowest BCUT2D eigenvalue weighted by atomic mass is 10.4. The summed E-state index contributed by atoms with van der Waals surface area (Å²) in [6, 6.07) is 1.79. The van der Waals surface area contributed by atoms with E-state index in [0.29, 0.717) is 11.6 Å². The molecule has 2 N–H and O–H groups in total. The second kappa shape index (κ2) is 4.46. The van der Waals surface area contributed by atoms with Crippen molar-refractivity contribution in [3.05, 3.63) is 29.8 Å². The standard InChI is InChI=1S/C10H11N5OS/c1-6-5-7(15(2)14-6)16-10-8(9(11)17)12-3-4-13-10/h3-5H,1-2H3,(H2,11,17). The minimum atomic E-state index is 0.145. The van der Waals surface area contributed by atoms with Crippen LogP contribution < -0.4 is 10.5 Å². The fourth-order valence-corrected chi connectivity index (χ4v) is 1.49. The zero-order valence-corrected chi connectivity index (χ0v) is 10.2. The molecule has 0 aromatic carbocycles. The summed E-state index contributed by atoms with van der Waals surface area (Å²) in [5.41, 5.74) is 6.75. The van der Waals surface area contributed by atoms with Crippen LogP contribution in [0.1, 0.15) is 11.4 Å². The molecular weight excluding hydrogens is 238 g/mol. The number of ether oxygens (including phenoxy) is 1. The van der Waals surface area contributed by atoms with Crippen LogP contribution in [0.25, 0.3) is 0 Å². The summed E-state index contributed by atoms with van der Waals surface area (Å²) >= 11 is 4.88. The molecule has 0 saturated heterocycles. The predicted octanol–water partition coefficient (Wildman–Crippen LogP) is 0.945. The minimum absolute atomic E-state index is 0.145. The molecule has 7 heteroatoms. The summed E-state index contributed by atoms with van der Waals surface area (Å²) in [6.07, 6.45) is 3.02. The van der Waals surface area contributed by atoms with Gasteiger partial charge in [-0.25, -0.2) is 14.6 Å². The van der Waals surface area contributed by atoms with E-state index in [4.69, 9.17) is 22.7 Å². The van der Waals surface area contributed by atoms with Gasteiger partial charge in [0.25, 0.3) is 0 Å². The van der Waals surface area contributed by atoms with Crippen molar-refractivity contribution in [3.63, 3.8) is 0 Å². The van der Waals surface area contributed by atoms with Gasteiger partial charge in [0.2, 0.25) is 11.8 Å². The van der Waals surface area contributed by atoms with Crippen molar-refractivity contribution in [2.45, 2.75) is 6.92 Å². The molecule has 0 spiro atoms. The Hall–Kier alpha value is -2.02. The lowest BCUT2D eigenvalue weighted by molar-refractivity contribution is 0.412. The number of hydrogen-bond donors (Lipinski definition) is 1. The molecule has 17 heavy (non-hydrogen) atoms. The predicted molar refractivity (Wildman–Crippen MR) is 65.9 cm³/mol. The van der Waals surface area contributed by atoms with E-state index in [0.717, 1.165) is 5.69 Å². The summed E-state index contributed by atoms with van der Waals surface area (Å²) in [4.78, 5) is 8.23. The zero-order valence-electron chi connectivity index (χ0n) is 9.41. The van der Waals surface area contributed by atoms with Crippen LogP contribution in [0.2, 0.25) is 0 Å². The second-order valence-electron chi connectivity index (χ2n) is 3.42. The maximum Gasteiger partial charge on any atom is 0.250 e. The van der Waals surface area contributed by atoms with Gasteiger partial charge in [-0.1, -0.05) is 12.2 Å². The van der Waals surface area contributed by atoms with Crippen molar-refractivity contribution in [1.29, 1.82) is 0 Å². The highest BCUT2D eigenvalue weighted by Gasteiger charge is 2.12. The number of thiocarbonyl (C=S) groups is 1. The average Bonchev–Trinajstić information content (AvgIpc) is 2.58. The van der Waals surface area contributed by atoms with E-state index in [9.17, 15) is 0 Å². The molecule has 0 saturated carbocycles. The van der Waals surface area contributed by atoms with Gasteiger partial charge in [0.15, 0.2) is 5.69 Å². The van der Waals surface area contributed by atoms with Crippen molar-refractivity contribution < 1.29 is 4.74 Å². The molecular formula is C10H11N5OS. The van der Waals surface area contributed by atoms with Gasteiger partial charge in [-0.3, -0.25) is 0 Å². The van der Waals surface area contributed by atoms with Gasteiger partial charge in [-0.15, -0.1) is 0 Å². The SMILES string of the molecule is Cc1cc(Oc2nccnc2C(N)=S)n(C)n1. The maximum absolute atomic E-state index is 5.58. The van der Waals surface area contributed by atoms with E-state index < -0.39 is 0 Å². The molecule has 0 unspecified atom stereocenters. The normalized spacial score (nSPS) is 10.2. The molecule has 0 radical (unpaired) electrons. The van der Waals surface area contributed by atoms with E-state index in [1.165, 1.54) is 12.4 Å². The monoisotopic (exact) mass is 249 g/mol. The van der Waals surface area contributed by atoms with Gasteiger partial charge in [0.1, 0.15) is 4.99 Å². The van der Waals surface area contributed by atoms with Gasteiger partial charge in [0, 0.05) is 25.5 Å². The lowest BCUT2D eigenvalue weighted by Gasteiger charge is -2.07. The topological polar surface area (TPSA) is 78.9 Å². The number of rotatable bonds is 3. The fraction of sp³-hybridized carbons (Fsp3) is 0.200. The third-order valence-corrected chi connectivity index (χ3v) is 2.25. The molecule has 6 nitrogen and oxygen atoms in total. The summed E-state index contributed by atoms with van der Waals surface area (Å²) in [5, 5.41) is 4.16. The van der Waals surface area contributed by atoms with Crippen molar-refractivity contribution >= 4 is 17.2 Å². The highest BCUT2D eigenvalue weighted by Crippen LogP contribution is 2.21. The molecule has 0 aliphatic rings. The van der Waals surface area contributed by atoms with E-state index in [-0.39, 0.29) is 10.9 Å². The Bertz CT molecular complexity index is 566. The van der Waals surface area contributed by atoms with Crippen molar-refractivity contribution in [3.8, 4) is 11.8 Å². The summed E-state index contributed by atoms with van der Waals surface area (Å²) in [7, 11) is 1.78. The Balaban J connectivity index is 2.36. The Labute approximate surface area is 103 Å². The first-order valence-electron chi connectivity index (χ1n) is 4.87. The smallest absolute Gasteiger partial charge is 0.250 e. The highest BCUT2D eigenvalue weighted by molar-refractivity contribution is 7.80. The molecule has 0 aliphatic heterocycles. The molecule has 0 aliphatic carbocycles. The molecule has 2 rings (SSSR count). The van der Waals surface area contributed by atoms with Gasteiger partial charge < -0.3 is 10.5 Å². The minimum Gasteiger partial charge on any atom is -0.419 e. The number of hydrogen-bond acceptors (Lipinski definition) is 5. The van der Waals surface area contributed by atoms with Gasteiger partial charge in [-0.05, 0) is 6.92 Å². The number of aryl methyl sites for hydroxylation is 2. The third kappa shape index (κ3) is 2.39. The van der Waals surface area contributed by atoms with Crippen LogP contribution in [0.4, 0.5) is 0 Å². The highest BCUT2D eigenvalue weighted by atomic mass is 32.1. The Kier molecular flexibility index (Phi) is 3.01. The molecule has 0 amide bonds. The number of aromatic nitrogens is 4. The molecule has 2 heterocycles. The Morgan fingerprint density at radius 2 is 2.12 bits per heavy atom. The van der Waals surface area contributed by atoms with Crippen LogP contribution in [0.3, 0.4) is 0 Å². The molecule has 0 bridgehead atoms. The Morgan fingerprint density at radius 3 is 2.71 bits per heavy atom. The Morgan fingerprint density at radius 1 is 1.41 bits per heavy atom. The third-order valence-electron chi connectivity index (χ3n) is 2.06. The second-order valence-corrected chi connectivity index (χ2v) is 3.86. The van der Waals surface area contributed by atoms with E-state index in [2.05, 4.69) is 15.1 Å². The molecule has 2 aromatic rings. The zero-order chi connectivity index (χ0) is 12.4. The van der Waals surface area contributed by atoms with Crippen LogP contribution >= 0.6 is 12.2 Å². The van der Waals surface area contributed by atoms with Crippen LogP contribution in [0, 0.1) is 6.92 Å². The van der Waals surface area contributed by atoms with Crippen molar-refractivity contribution in [2.24, 2.45) is 12.8 Å². The quantitative estimate of drug-likeness (QED) is 0.816. The molecule has 88 valence electrons. The van der Waals surface area contributed by atoms with E-state index in [1.54, 1.807) is 17.8 Å². The first-order chi connectivity index (χ1) is 8.08. The molecule has 2 aromatic heterocycles. The number of nitrogens with zero attached hydrogens (tertiary/aromatic N) is 4. The maximum atomic E-state index is 5.58. The van der Waals surface area contributed by atoms with E-state index in [1.807, 2.05) is 6.92 Å². The van der Waals surface area contributed by atoms with Crippen LogP contribution in [-0.4, -0.2) is 24.7 Å². The molecule has 0 atom stereocenters. The fourth-order valence-electron chi connectivity index (χ4n) is 1.35. The van der Waals surface area contributed by atoms with E-state index >= 15 is 0 Å². The van der Waals surface area contributed by atoms with Crippen LogP contribution in [-0.2, 0) is 7.05 Å². The summed E-state index contributed by atoms with van der Waals surface area (Å²) < 4.78 is 7.19. The van der Waals surface area contributed by atoms with Crippen molar-refractivity contribution in [1.82, 2.24) is 19.7 Å². The number of nitrogens with two attached hydrogens (primary N) is 1. The van der Waals surface area contributed by atoms with Gasteiger partial charge >= 0.3 is 0 Å². The summed E-state index contributed by atoms with van der Waals surface area (Å²) in [5.74, 6) is 0.837. The first kappa shape index (κ1) is 11.5. The van der Waals surface area contributed by atoms with Crippen LogP contribution in [0.15, 0.2) is 18.5 Å². The largest absolute Gasteiger partial charge is 0.419 e. The summed E-state index contributed by atoms with van der Waals surface area (Å²) in [6.45, 7) is 1.87. The first-order valence-corrected chi connectivity index (χ1v) is 5.28. The molecule has 0 fully saturated rings. The van der Waals surface area contributed by atoms with Gasteiger partial charge in [0.05, 0.1) is 5.69 Å². The van der Waals surface area contributed by atoms with Gasteiger partial charge in [-0.2, -0.15) is 5.10 Å². The van der Waals surface area contributed by atoms with Crippen LogP contribution in [0.5, 0.6) is 11.8 Å². The average molecular weight is 249 g/mol.